The molecule has 0 bridgehead atoms. The summed E-state index contributed by atoms with van der Waals surface area (Å²) >= 11 is 0. The van der Waals surface area contributed by atoms with Crippen LogP contribution < -0.4 is 0 Å². The van der Waals surface area contributed by atoms with E-state index in [2.05, 4.69) is 0 Å². The largest absolute Gasteiger partial charge is 0.450 e. The molecule has 14 heavy (non-hydrogen) atoms. The predicted octanol–water partition coefficient (Wildman–Crippen LogP) is 0.493. The molecule has 1 amide bonds. The van der Waals surface area contributed by atoms with Crippen molar-refractivity contribution in [2.24, 2.45) is 0 Å². The van der Waals surface area contributed by atoms with Crippen molar-refractivity contribution >= 4 is 6.09 Å². The second-order valence-electron chi connectivity index (χ2n) is 3.33. The van der Waals surface area contributed by atoms with Crippen molar-refractivity contribution < 1.29 is 14.6 Å². The van der Waals surface area contributed by atoms with Gasteiger partial charge in [-0.2, -0.15) is 5.26 Å². The van der Waals surface area contributed by atoms with Crippen LogP contribution in [0.15, 0.2) is 0 Å². The third-order valence-electron chi connectivity index (χ3n) is 2.32. The van der Waals surface area contributed by atoms with Gasteiger partial charge in [0.15, 0.2) is 5.60 Å². The molecule has 1 N–H and O–H groups in total. The number of nitrogens with zero attached hydrogens (tertiary/aromatic N) is 2. The van der Waals surface area contributed by atoms with Gasteiger partial charge in [0, 0.05) is 25.9 Å². The number of amides is 1. The van der Waals surface area contributed by atoms with Crippen molar-refractivity contribution in [1.82, 2.24) is 4.90 Å². The van der Waals surface area contributed by atoms with E-state index < -0.39 is 5.60 Å². The minimum Gasteiger partial charge on any atom is -0.450 e. The van der Waals surface area contributed by atoms with E-state index in [1.165, 1.54) is 4.90 Å². The number of nitriles is 1. The summed E-state index contributed by atoms with van der Waals surface area (Å²) in [5, 5.41) is 18.2. The van der Waals surface area contributed by atoms with Crippen molar-refractivity contribution in [3.8, 4) is 6.07 Å². The van der Waals surface area contributed by atoms with E-state index in [4.69, 9.17) is 10.00 Å². The molecule has 1 rings (SSSR count). The van der Waals surface area contributed by atoms with Crippen molar-refractivity contribution in [1.29, 1.82) is 5.26 Å². The van der Waals surface area contributed by atoms with Crippen LogP contribution in [0.25, 0.3) is 0 Å². The van der Waals surface area contributed by atoms with E-state index >= 15 is 0 Å². The average molecular weight is 198 g/mol. The molecule has 5 heteroatoms. The first-order valence-corrected chi connectivity index (χ1v) is 4.66. The van der Waals surface area contributed by atoms with Crippen LogP contribution in [-0.4, -0.2) is 41.4 Å². The SMILES string of the molecule is CCOC(=O)N1CCC(O)(C#N)CC1. The summed E-state index contributed by atoms with van der Waals surface area (Å²) in [7, 11) is 0. The van der Waals surface area contributed by atoms with Gasteiger partial charge in [-0.1, -0.05) is 0 Å². The fourth-order valence-corrected chi connectivity index (χ4v) is 1.39. The van der Waals surface area contributed by atoms with Gasteiger partial charge in [-0.3, -0.25) is 0 Å². The number of rotatable bonds is 1. The molecule has 0 aromatic rings. The quantitative estimate of drug-likeness (QED) is 0.622. The molecule has 0 aromatic carbocycles. The summed E-state index contributed by atoms with van der Waals surface area (Å²) in [5.41, 5.74) is -1.26. The van der Waals surface area contributed by atoms with E-state index in [0.29, 0.717) is 32.5 Å². The van der Waals surface area contributed by atoms with Crippen LogP contribution >= 0.6 is 0 Å². The summed E-state index contributed by atoms with van der Waals surface area (Å²) in [6.07, 6.45) is 0.220. The maximum absolute atomic E-state index is 11.2. The van der Waals surface area contributed by atoms with E-state index in [1.807, 2.05) is 6.07 Å². The maximum atomic E-state index is 11.2. The number of carbonyl (C=O) groups excluding carboxylic acids is 1. The van der Waals surface area contributed by atoms with Crippen LogP contribution in [0.2, 0.25) is 0 Å². The van der Waals surface area contributed by atoms with Gasteiger partial charge in [-0.05, 0) is 6.92 Å². The summed E-state index contributed by atoms with van der Waals surface area (Å²) in [6, 6.07) is 1.85. The monoisotopic (exact) mass is 198 g/mol. The third kappa shape index (κ3) is 2.36. The second kappa shape index (κ2) is 4.29. The first kappa shape index (κ1) is 10.8. The molecule has 0 spiro atoms. The van der Waals surface area contributed by atoms with Crippen LogP contribution in [-0.2, 0) is 4.74 Å². The van der Waals surface area contributed by atoms with Crippen LogP contribution in [0.4, 0.5) is 4.79 Å². The highest BCUT2D eigenvalue weighted by atomic mass is 16.6. The summed E-state index contributed by atoms with van der Waals surface area (Å²) in [4.78, 5) is 12.7. The van der Waals surface area contributed by atoms with E-state index in [9.17, 15) is 9.90 Å². The average Bonchev–Trinajstić information content (AvgIpc) is 2.19. The van der Waals surface area contributed by atoms with Crippen LogP contribution in [0.3, 0.4) is 0 Å². The minimum atomic E-state index is -1.26. The smallest absolute Gasteiger partial charge is 0.409 e. The van der Waals surface area contributed by atoms with Crippen molar-refractivity contribution in [3.63, 3.8) is 0 Å². The van der Waals surface area contributed by atoms with E-state index in [0.717, 1.165) is 0 Å². The van der Waals surface area contributed by atoms with Gasteiger partial charge in [0.1, 0.15) is 0 Å². The van der Waals surface area contributed by atoms with Crippen molar-refractivity contribution in [2.45, 2.75) is 25.4 Å². The molecule has 0 radical (unpaired) electrons. The number of likely N-dealkylation sites (tertiary alicyclic amines) is 1. The fraction of sp³-hybridized carbons (Fsp3) is 0.778. The topological polar surface area (TPSA) is 73.6 Å². The highest BCUT2D eigenvalue weighted by molar-refractivity contribution is 5.67. The normalized spacial score (nSPS) is 19.9. The Kier molecular flexibility index (Phi) is 3.31. The lowest BCUT2D eigenvalue weighted by molar-refractivity contribution is 0.0214. The fourth-order valence-electron chi connectivity index (χ4n) is 1.39. The molecule has 0 aliphatic carbocycles. The molecule has 0 saturated carbocycles. The lowest BCUT2D eigenvalue weighted by Gasteiger charge is -2.32. The van der Waals surface area contributed by atoms with E-state index in [-0.39, 0.29) is 6.09 Å². The Morgan fingerprint density at radius 2 is 2.21 bits per heavy atom. The first-order valence-electron chi connectivity index (χ1n) is 4.66. The van der Waals surface area contributed by atoms with E-state index in [1.54, 1.807) is 6.92 Å². The van der Waals surface area contributed by atoms with Gasteiger partial charge in [-0.25, -0.2) is 4.79 Å². The lowest BCUT2D eigenvalue weighted by Crippen LogP contribution is -2.46. The van der Waals surface area contributed by atoms with Crippen LogP contribution in [0.1, 0.15) is 19.8 Å². The molecule has 1 aliphatic heterocycles. The Morgan fingerprint density at radius 3 is 2.64 bits per heavy atom. The van der Waals surface area contributed by atoms with Crippen molar-refractivity contribution in [2.75, 3.05) is 19.7 Å². The highest BCUT2D eigenvalue weighted by Gasteiger charge is 2.34. The lowest BCUT2D eigenvalue weighted by atomic mass is 9.93. The number of aliphatic hydroxyl groups is 1. The van der Waals surface area contributed by atoms with Gasteiger partial charge in [0.05, 0.1) is 12.7 Å². The molecular formula is C9H14N2O3. The maximum Gasteiger partial charge on any atom is 0.409 e. The molecule has 0 aromatic heterocycles. The number of carbonyl (C=O) groups is 1. The first-order chi connectivity index (χ1) is 6.61. The number of hydrogen-bond acceptors (Lipinski definition) is 4. The summed E-state index contributed by atoms with van der Waals surface area (Å²) in [6.45, 7) is 2.84. The molecule has 1 fully saturated rings. The molecule has 1 aliphatic rings. The Hall–Kier alpha value is -1.28. The second-order valence-corrected chi connectivity index (χ2v) is 3.33. The Balaban J connectivity index is 2.44. The molecule has 1 heterocycles. The van der Waals surface area contributed by atoms with Gasteiger partial charge in [-0.15, -0.1) is 0 Å². The molecule has 78 valence electrons. The van der Waals surface area contributed by atoms with Gasteiger partial charge in [0.2, 0.25) is 0 Å². The molecular weight excluding hydrogens is 184 g/mol. The third-order valence-corrected chi connectivity index (χ3v) is 2.32. The molecule has 0 atom stereocenters. The summed E-state index contributed by atoms with van der Waals surface area (Å²) in [5.74, 6) is 0. The number of ether oxygens (including phenoxy) is 1. The zero-order chi connectivity index (χ0) is 10.6. The van der Waals surface area contributed by atoms with Gasteiger partial charge < -0.3 is 14.7 Å². The zero-order valence-corrected chi connectivity index (χ0v) is 8.19. The van der Waals surface area contributed by atoms with Crippen LogP contribution in [0.5, 0.6) is 0 Å². The standard InChI is InChI=1S/C9H14N2O3/c1-2-14-8(12)11-5-3-9(13,7-10)4-6-11/h13H,2-6H2,1H3. The highest BCUT2D eigenvalue weighted by Crippen LogP contribution is 2.21. The van der Waals surface area contributed by atoms with Gasteiger partial charge in [0.25, 0.3) is 0 Å². The number of piperidine rings is 1. The Labute approximate surface area is 82.9 Å². The van der Waals surface area contributed by atoms with Gasteiger partial charge >= 0.3 is 6.09 Å². The molecule has 0 unspecified atom stereocenters. The van der Waals surface area contributed by atoms with Crippen molar-refractivity contribution in [3.05, 3.63) is 0 Å². The Bertz CT molecular complexity index is 251. The summed E-state index contributed by atoms with van der Waals surface area (Å²) < 4.78 is 4.81. The predicted molar refractivity (Wildman–Crippen MR) is 48.4 cm³/mol. The molecule has 5 nitrogen and oxygen atoms in total. The Morgan fingerprint density at radius 1 is 1.64 bits per heavy atom. The van der Waals surface area contributed by atoms with Crippen LogP contribution in [0, 0.1) is 11.3 Å². The number of hydrogen-bond donors (Lipinski definition) is 1. The molecule has 1 saturated heterocycles. The minimum absolute atomic E-state index is 0.294. The zero-order valence-electron chi connectivity index (χ0n) is 8.19.